The van der Waals surface area contributed by atoms with Crippen LogP contribution in [0.4, 0.5) is 9.59 Å². The molecule has 6 unspecified atom stereocenters. The molecule has 0 aliphatic carbocycles. The van der Waals surface area contributed by atoms with Crippen molar-refractivity contribution in [3.05, 3.63) is 83.4 Å². The molecule has 5 aromatic rings. The van der Waals surface area contributed by atoms with Crippen LogP contribution in [0.25, 0.3) is 33.2 Å². The van der Waals surface area contributed by atoms with Gasteiger partial charge in [-0.3, -0.25) is 9.59 Å². The van der Waals surface area contributed by atoms with E-state index in [-0.39, 0.29) is 23.9 Å². The number of nitrogens with zero attached hydrogens (tertiary/aromatic N) is 4. The Morgan fingerprint density at radius 3 is 1.60 bits per heavy atom. The second-order valence-electron chi connectivity index (χ2n) is 15.0. The molecule has 0 spiro atoms. The Labute approximate surface area is 347 Å². The average molecular weight is 819 g/mol. The van der Waals surface area contributed by atoms with Gasteiger partial charge in [-0.15, -0.1) is 0 Å². The van der Waals surface area contributed by atoms with Gasteiger partial charge in [0.25, 0.3) is 0 Å². The van der Waals surface area contributed by atoms with Gasteiger partial charge in [0.2, 0.25) is 11.8 Å². The van der Waals surface area contributed by atoms with Gasteiger partial charge < -0.3 is 49.3 Å². The molecule has 2 fully saturated rings. The van der Waals surface area contributed by atoms with Crippen molar-refractivity contribution in [1.29, 1.82) is 0 Å². The number of methoxy groups -OCH3 is 4. The Balaban J connectivity index is 1.03. The smallest absolute Gasteiger partial charge is 0.407 e. The van der Waals surface area contributed by atoms with E-state index in [1.807, 2.05) is 54.6 Å². The van der Waals surface area contributed by atoms with E-state index >= 15 is 0 Å². The molecule has 3 aromatic carbocycles. The van der Waals surface area contributed by atoms with Crippen molar-refractivity contribution in [1.82, 2.24) is 40.4 Å². The summed E-state index contributed by atoms with van der Waals surface area (Å²) in [7, 11) is 5.50. The summed E-state index contributed by atoms with van der Waals surface area (Å²) in [4.78, 5) is 71.4. The molecule has 6 atom stereocenters. The average Bonchev–Trinajstić information content (AvgIpc) is 4.11. The van der Waals surface area contributed by atoms with Gasteiger partial charge in [0.15, 0.2) is 0 Å². The van der Waals surface area contributed by atoms with E-state index in [9.17, 15) is 19.2 Å². The first-order valence-electron chi connectivity index (χ1n) is 20.0. The zero-order chi connectivity index (χ0) is 42.5. The van der Waals surface area contributed by atoms with Crippen molar-refractivity contribution in [2.75, 3.05) is 41.5 Å². The van der Waals surface area contributed by atoms with Gasteiger partial charge in [0, 0.05) is 38.4 Å². The van der Waals surface area contributed by atoms with Crippen LogP contribution in [0.5, 0.6) is 0 Å². The van der Waals surface area contributed by atoms with Gasteiger partial charge in [-0.1, -0.05) is 30.0 Å². The number of likely N-dealkylation sites (tertiary alicyclic amines) is 2. The summed E-state index contributed by atoms with van der Waals surface area (Å²) in [5.41, 5.74) is 6.89. The van der Waals surface area contributed by atoms with Crippen LogP contribution in [0.3, 0.4) is 0 Å². The molecule has 7 rings (SSSR count). The zero-order valence-electron chi connectivity index (χ0n) is 34.5. The van der Waals surface area contributed by atoms with E-state index in [1.165, 1.54) is 28.4 Å². The molecule has 0 radical (unpaired) electrons. The number of ether oxygens (including phenoxy) is 4. The van der Waals surface area contributed by atoms with Crippen LogP contribution in [0.2, 0.25) is 0 Å². The van der Waals surface area contributed by atoms with E-state index < -0.39 is 36.5 Å². The lowest BCUT2D eigenvalue weighted by Crippen LogP contribution is -2.54. The van der Waals surface area contributed by atoms with Crippen LogP contribution in [0.1, 0.15) is 74.4 Å². The number of hydrogen-bond donors (Lipinski definition) is 4. The van der Waals surface area contributed by atoms with Crippen LogP contribution in [-0.2, 0) is 28.5 Å². The second-order valence-corrected chi connectivity index (χ2v) is 15.0. The fraction of sp³-hybridized carbons (Fsp3) is 0.409. The predicted molar refractivity (Wildman–Crippen MR) is 223 cm³/mol. The fourth-order valence-corrected chi connectivity index (χ4v) is 7.91. The van der Waals surface area contributed by atoms with Gasteiger partial charge in [-0.2, -0.15) is 0 Å². The van der Waals surface area contributed by atoms with E-state index in [0.29, 0.717) is 24.7 Å². The van der Waals surface area contributed by atoms with Crippen molar-refractivity contribution < 1.29 is 38.1 Å². The summed E-state index contributed by atoms with van der Waals surface area (Å²) in [5.74, 6) is 7.39. The number of aromatic nitrogens is 4. The molecule has 60 heavy (non-hydrogen) atoms. The normalized spacial score (nSPS) is 18.4. The minimum atomic E-state index is -0.908. The lowest BCUT2D eigenvalue weighted by Gasteiger charge is -2.30. The molecule has 314 valence electrons. The Kier molecular flexibility index (Phi) is 12.7. The van der Waals surface area contributed by atoms with Gasteiger partial charge >= 0.3 is 12.2 Å². The number of benzene rings is 3. The lowest BCUT2D eigenvalue weighted by atomic mass is 10.0. The Morgan fingerprint density at radius 1 is 0.650 bits per heavy atom. The lowest BCUT2D eigenvalue weighted by molar-refractivity contribution is -0.138. The standard InChI is InChI=1S/C44H50N8O8/c1-25(57-3)37(49-43(55)59-5)41(53)51-21-7-9-35(51)39-45-31-19-15-28(23-33(31)47-39)12-11-27-13-16-29(17-14-27)30-18-20-32-34(24-30)48-40(46-32)36-10-8-22-52(36)42(54)38(26(2)58-4)50-44(56)60-6/h13-20,23-26,35-38H,7-10,21-22H2,1-6H3,(H,45,47)(H,46,48)(H,49,55)(H,50,56). The van der Waals surface area contributed by atoms with Crippen LogP contribution >= 0.6 is 0 Å². The van der Waals surface area contributed by atoms with E-state index in [0.717, 1.165) is 70.0 Å². The quantitative estimate of drug-likeness (QED) is 0.126. The van der Waals surface area contributed by atoms with Crippen LogP contribution in [0, 0.1) is 11.8 Å². The van der Waals surface area contributed by atoms with Crippen molar-refractivity contribution in [3.63, 3.8) is 0 Å². The number of imidazole rings is 2. The maximum Gasteiger partial charge on any atom is 0.407 e. The molecular formula is C44H50N8O8. The number of hydrogen-bond acceptors (Lipinski definition) is 10. The number of nitrogens with one attached hydrogen (secondary N) is 4. The molecule has 2 saturated heterocycles. The van der Waals surface area contributed by atoms with E-state index in [4.69, 9.17) is 28.9 Å². The molecule has 2 aliphatic heterocycles. The Morgan fingerprint density at radius 2 is 1.10 bits per heavy atom. The third-order valence-corrected chi connectivity index (χ3v) is 11.4. The Bertz CT molecular complexity index is 2430. The highest BCUT2D eigenvalue weighted by Gasteiger charge is 2.40. The zero-order valence-corrected chi connectivity index (χ0v) is 34.5. The maximum atomic E-state index is 13.7. The SMILES string of the molecule is COC(=O)NC(C(=O)N1CCCC1c1nc2ccc(C#Cc3ccc(-c4ccc5nc(C6CCCN6C(=O)C(NC(=O)OC)C(C)OC)[nH]c5c4)cc3)cc2[nH]1)C(C)OC. The topological polar surface area (TPSA) is 193 Å². The highest BCUT2D eigenvalue weighted by molar-refractivity contribution is 5.88. The first-order valence-corrected chi connectivity index (χ1v) is 20.0. The third-order valence-electron chi connectivity index (χ3n) is 11.4. The van der Waals surface area contributed by atoms with E-state index in [1.54, 1.807) is 23.6 Å². The fourth-order valence-electron chi connectivity index (χ4n) is 7.91. The first kappa shape index (κ1) is 41.7. The van der Waals surface area contributed by atoms with Crippen molar-refractivity contribution in [3.8, 4) is 23.0 Å². The monoisotopic (exact) mass is 818 g/mol. The van der Waals surface area contributed by atoms with Gasteiger partial charge in [0.1, 0.15) is 23.7 Å². The molecule has 16 heteroatoms. The largest absolute Gasteiger partial charge is 0.453 e. The molecular weight excluding hydrogens is 769 g/mol. The summed E-state index contributed by atoms with van der Waals surface area (Å²) in [6, 6.07) is 17.5. The second kappa shape index (κ2) is 18.2. The summed E-state index contributed by atoms with van der Waals surface area (Å²) in [6.45, 7) is 4.53. The molecule has 4 N–H and O–H groups in total. The summed E-state index contributed by atoms with van der Waals surface area (Å²) >= 11 is 0. The van der Waals surface area contributed by atoms with Crippen LogP contribution in [-0.4, -0.2) is 120 Å². The highest BCUT2D eigenvalue weighted by Crippen LogP contribution is 2.35. The first-order chi connectivity index (χ1) is 29.0. The van der Waals surface area contributed by atoms with Gasteiger partial charge in [-0.05, 0) is 93.1 Å². The van der Waals surface area contributed by atoms with Gasteiger partial charge in [0.05, 0.1) is 60.6 Å². The molecule has 0 bridgehead atoms. The molecule has 16 nitrogen and oxygen atoms in total. The number of rotatable bonds is 11. The highest BCUT2D eigenvalue weighted by atomic mass is 16.5. The van der Waals surface area contributed by atoms with Crippen molar-refractivity contribution >= 4 is 46.1 Å². The number of alkyl carbamates (subject to hydrolysis) is 2. The number of carbonyl (C=O) groups excluding carboxylic acids is 4. The van der Waals surface area contributed by atoms with Crippen LogP contribution in [0.15, 0.2) is 60.7 Å². The molecule has 0 saturated carbocycles. The minimum absolute atomic E-state index is 0.252. The number of fused-ring (bicyclic) bond motifs is 2. The minimum Gasteiger partial charge on any atom is -0.453 e. The number of carbonyl (C=O) groups is 4. The van der Waals surface area contributed by atoms with Crippen molar-refractivity contribution in [2.24, 2.45) is 0 Å². The Hall–Kier alpha value is -6.44. The molecule has 2 aliphatic rings. The van der Waals surface area contributed by atoms with E-state index in [2.05, 4.69) is 38.5 Å². The maximum absolute atomic E-state index is 13.7. The van der Waals surface area contributed by atoms with Crippen LogP contribution < -0.4 is 10.6 Å². The summed E-state index contributed by atoms with van der Waals surface area (Å²) in [5, 5.41) is 5.25. The third kappa shape index (κ3) is 8.77. The number of aromatic amines is 2. The molecule has 4 heterocycles. The number of amides is 4. The summed E-state index contributed by atoms with van der Waals surface area (Å²) in [6.07, 6.45) is 0.543. The van der Waals surface area contributed by atoms with Gasteiger partial charge in [-0.25, -0.2) is 19.6 Å². The molecule has 4 amide bonds. The number of H-pyrrole nitrogens is 2. The van der Waals surface area contributed by atoms with Crippen molar-refractivity contribution in [2.45, 2.75) is 75.9 Å². The molecule has 2 aromatic heterocycles. The summed E-state index contributed by atoms with van der Waals surface area (Å²) < 4.78 is 20.3. The predicted octanol–water partition coefficient (Wildman–Crippen LogP) is 5.35.